The van der Waals surface area contributed by atoms with Gasteiger partial charge in [-0.1, -0.05) is 191 Å². The summed E-state index contributed by atoms with van der Waals surface area (Å²) >= 11 is 0. The third-order valence-electron chi connectivity index (χ3n) is 11.3. The lowest BCUT2D eigenvalue weighted by atomic mass is 9.68. The molecule has 2 aromatic carbocycles. The Morgan fingerprint density at radius 1 is 0.423 bits per heavy atom. The standard InChI is InChI=1S/C48H84O3P/c1-36-32-38(45(3,4)5)34-41(47(9,10)11)43(36)40(44-37(2)33-39(46(6,7)8)35-42(44)48(12,13)14)30-28-26-24-22-20-18-16-15-17-19-21-23-25-27-29-31-52(49,50)51/h32-35,40,49-51H,15-31H2,1-14H3/q+1. The topological polar surface area (TPSA) is 60.7 Å². The van der Waals surface area contributed by atoms with E-state index in [9.17, 15) is 0 Å². The quantitative estimate of drug-likeness (QED) is 0.0936. The maximum atomic E-state index is 9.08. The fourth-order valence-corrected chi connectivity index (χ4v) is 8.68. The largest absolute Gasteiger partial charge is 0.403 e. The fraction of sp³-hybridized carbons (Fsp3) is 0.750. The van der Waals surface area contributed by atoms with E-state index in [4.69, 9.17) is 14.7 Å². The molecule has 0 aliphatic rings. The van der Waals surface area contributed by atoms with Gasteiger partial charge in [-0.15, -0.1) is 0 Å². The number of aryl methyl sites for hydroxylation is 2. The van der Waals surface area contributed by atoms with Gasteiger partial charge in [0.2, 0.25) is 0 Å². The second-order valence-electron chi connectivity index (χ2n) is 20.6. The lowest BCUT2D eigenvalue weighted by molar-refractivity contribution is 0.328. The van der Waals surface area contributed by atoms with Crippen LogP contribution in [0.4, 0.5) is 0 Å². The highest BCUT2D eigenvalue weighted by atomic mass is 31.2. The first-order chi connectivity index (χ1) is 23.8. The molecule has 2 aromatic rings. The number of benzene rings is 2. The molecule has 0 aromatic heterocycles. The molecule has 0 saturated carbocycles. The normalized spacial score (nSPS) is 13.4. The Balaban J connectivity index is 2.13. The molecule has 0 fully saturated rings. The average Bonchev–Trinajstić information content (AvgIpc) is 2.98. The molecule has 3 N–H and O–H groups in total. The summed E-state index contributed by atoms with van der Waals surface area (Å²) in [5.41, 5.74) is 12.4. The van der Waals surface area contributed by atoms with Crippen LogP contribution in [0.3, 0.4) is 0 Å². The molecule has 0 aliphatic heterocycles. The van der Waals surface area contributed by atoms with Crippen LogP contribution in [0.1, 0.15) is 236 Å². The van der Waals surface area contributed by atoms with Crippen LogP contribution >= 0.6 is 7.94 Å². The van der Waals surface area contributed by atoms with Crippen LogP contribution < -0.4 is 0 Å². The minimum absolute atomic E-state index is 0.0543. The van der Waals surface area contributed by atoms with E-state index < -0.39 is 7.94 Å². The summed E-state index contributed by atoms with van der Waals surface area (Å²) in [4.78, 5) is 27.2. The highest BCUT2D eigenvalue weighted by Gasteiger charge is 2.33. The number of unbranched alkanes of at least 4 members (excludes halogenated alkanes) is 14. The maximum Gasteiger partial charge on any atom is 0.403 e. The summed E-state index contributed by atoms with van der Waals surface area (Å²) in [5, 5.41) is 0. The van der Waals surface area contributed by atoms with E-state index in [1.807, 2.05) is 0 Å². The SMILES string of the molecule is Cc1cc(C(C)(C)C)cc(C(C)(C)C)c1C(CCCCCCCCCCCCCCCCC[P+](O)(O)O)c1c(C)cc(C(C)(C)C)cc1C(C)(C)C. The summed E-state index contributed by atoms with van der Waals surface area (Å²) in [6.45, 7) is 33.4. The van der Waals surface area contributed by atoms with Crippen molar-refractivity contribution in [1.82, 2.24) is 0 Å². The van der Waals surface area contributed by atoms with Crippen LogP contribution in [0, 0.1) is 13.8 Å². The molecule has 0 aliphatic carbocycles. The van der Waals surface area contributed by atoms with Crippen molar-refractivity contribution in [2.45, 2.75) is 227 Å². The Labute approximate surface area is 323 Å². The van der Waals surface area contributed by atoms with E-state index in [1.165, 1.54) is 117 Å². The first-order valence-electron chi connectivity index (χ1n) is 21.2. The number of rotatable bonds is 20. The Morgan fingerprint density at radius 2 is 0.712 bits per heavy atom. The Morgan fingerprint density at radius 3 is 0.981 bits per heavy atom. The molecule has 0 amide bonds. The third-order valence-corrected chi connectivity index (χ3v) is 12.2. The van der Waals surface area contributed by atoms with Crippen molar-refractivity contribution in [3.63, 3.8) is 0 Å². The minimum atomic E-state index is -3.56. The smallest absolute Gasteiger partial charge is 0.193 e. The van der Waals surface area contributed by atoms with E-state index in [0.717, 1.165) is 12.8 Å². The molecule has 0 radical (unpaired) electrons. The molecule has 2 rings (SSSR count). The zero-order valence-electron chi connectivity index (χ0n) is 36.7. The minimum Gasteiger partial charge on any atom is -0.193 e. The predicted octanol–water partition coefficient (Wildman–Crippen LogP) is 14.6. The van der Waals surface area contributed by atoms with E-state index >= 15 is 0 Å². The first kappa shape index (κ1) is 46.9. The zero-order valence-corrected chi connectivity index (χ0v) is 37.6. The van der Waals surface area contributed by atoms with Crippen LogP contribution in [-0.4, -0.2) is 20.8 Å². The summed E-state index contributed by atoms with van der Waals surface area (Å²) < 4.78 is 0. The van der Waals surface area contributed by atoms with Gasteiger partial charge in [0.15, 0.2) is 0 Å². The van der Waals surface area contributed by atoms with Gasteiger partial charge in [0.05, 0.1) is 0 Å². The van der Waals surface area contributed by atoms with Crippen molar-refractivity contribution in [3.8, 4) is 0 Å². The molecular weight excluding hydrogens is 655 g/mol. The van der Waals surface area contributed by atoms with Gasteiger partial charge in [0, 0.05) is 5.92 Å². The van der Waals surface area contributed by atoms with Gasteiger partial charge in [-0.3, -0.25) is 0 Å². The third kappa shape index (κ3) is 15.8. The lowest BCUT2D eigenvalue weighted by Gasteiger charge is -2.36. The Bertz CT molecular complexity index is 1270. The van der Waals surface area contributed by atoms with Crippen molar-refractivity contribution >= 4 is 7.94 Å². The van der Waals surface area contributed by atoms with E-state index in [0.29, 0.717) is 12.3 Å². The summed E-state index contributed by atoms with van der Waals surface area (Å²) in [6, 6.07) is 10.1. The molecule has 0 atom stereocenters. The molecular formula is C48H84O3P+. The Kier molecular flexibility index (Phi) is 18.1. The van der Waals surface area contributed by atoms with Gasteiger partial charge in [-0.25, -0.2) is 0 Å². The molecule has 0 spiro atoms. The predicted molar refractivity (Wildman–Crippen MR) is 231 cm³/mol. The van der Waals surface area contributed by atoms with Crippen molar-refractivity contribution in [2.75, 3.05) is 6.16 Å². The molecule has 0 unspecified atom stereocenters. The monoisotopic (exact) mass is 740 g/mol. The van der Waals surface area contributed by atoms with Crippen LogP contribution in [-0.2, 0) is 21.7 Å². The zero-order chi connectivity index (χ0) is 39.5. The second-order valence-corrected chi connectivity index (χ2v) is 22.4. The number of hydrogen-bond donors (Lipinski definition) is 3. The molecule has 0 heterocycles. The Hall–Kier alpha value is -1.25. The van der Waals surface area contributed by atoms with E-state index in [1.54, 1.807) is 11.1 Å². The highest BCUT2D eigenvalue weighted by molar-refractivity contribution is 7.58. The summed E-state index contributed by atoms with van der Waals surface area (Å²) in [6.07, 6.45) is 20.0. The molecule has 0 saturated heterocycles. The molecule has 0 bridgehead atoms. The molecule has 298 valence electrons. The van der Waals surface area contributed by atoms with Gasteiger partial charge in [-0.2, -0.15) is 14.7 Å². The highest BCUT2D eigenvalue weighted by Crippen LogP contribution is 2.47. The summed E-state index contributed by atoms with van der Waals surface area (Å²) in [7, 11) is -3.56. The number of hydrogen-bond acceptors (Lipinski definition) is 3. The first-order valence-corrected chi connectivity index (χ1v) is 23.0. The van der Waals surface area contributed by atoms with Crippen LogP contribution in [0.15, 0.2) is 24.3 Å². The van der Waals surface area contributed by atoms with Gasteiger partial charge < -0.3 is 0 Å². The average molecular weight is 740 g/mol. The second kappa shape index (κ2) is 20.1. The van der Waals surface area contributed by atoms with Gasteiger partial charge in [0.25, 0.3) is 0 Å². The van der Waals surface area contributed by atoms with Crippen molar-refractivity contribution in [3.05, 3.63) is 68.8 Å². The van der Waals surface area contributed by atoms with Crippen LogP contribution in [0.25, 0.3) is 0 Å². The maximum absolute atomic E-state index is 9.08. The van der Waals surface area contributed by atoms with Gasteiger partial charge in [-0.05, 0) is 99.3 Å². The molecule has 4 heteroatoms. The van der Waals surface area contributed by atoms with Crippen LogP contribution in [0.2, 0.25) is 0 Å². The van der Waals surface area contributed by atoms with E-state index in [-0.39, 0.29) is 27.8 Å². The molecule has 3 nitrogen and oxygen atoms in total. The van der Waals surface area contributed by atoms with E-state index in [2.05, 4.69) is 121 Å². The van der Waals surface area contributed by atoms with Gasteiger partial charge >= 0.3 is 7.94 Å². The lowest BCUT2D eigenvalue weighted by Crippen LogP contribution is -2.25. The van der Waals surface area contributed by atoms with Crippen molar-refractivity contribution < 1.29 is 14.7 Å². The van der Waals surface area contributed by atoms with Gasteiger partial charge in [0.1, 0.15) is 6.16 Å². The van der Waals surface area contributed by atoms with Crippen LogP contribution in [0.5, 0.6) is 0 Å². The van der Waals surface area contributed by atoms with Crippen molar-refractivity contribution in [2.24, 2.45) is 0 Å². The summed E-state index contributed by atoms with van der Waals surface area (Å²) in [5.74, 6) is 0.383. The fourth-order valence-electron chi connectivity index (χ4n) is 8.03. The molecule has 52 heavy (non-hydrogen) atoms. The van der Waals surface area contributed by atoms with Crippen molar-refractivity contribution in [1.29, 1.82) is 0 Å².